The van der Waals surface area contributed by atoms with Gasteiger partial charge in [0.25, 0.3) is 0 Å². The van der Waals surface area contributed by atoms with Gasteiger partial charge in [0.15, 0.2) is 5.15 Å². The largest absolute Gasteiger partial charge is 0.465 e. The van der Waals surface area contributed by atoms with E-state index in [1.807, 2.05) is 0 Å². The molecule has 3 aromatic rings. The third kappa shape index (κ3) is 4.01. The summed E-state index contributed by atoms with van der Waals surface area (Å²) in [6, 6.07) is 9.89. The minimum Gasteiger partial charge on any atom is -0.465 e. The maximum atomic E-state index is 12.1. The molecular formula is C16H13ClN6O3. The van der Waals surface area contributed by atoms with E-state index < -0.39 is 5.97 Å². The van der Waals surface area contributed by atoms with Gasteiger partial charge < -0.3 is 10.1 Å². The Bertz CT molecular complexity index is 958. The van der Waals surface area contributed by atoms with Gasteiger partial charge in [-0.05, 0) is 29.5 Å². The molecule has 1 amide bonds. The first kappa shape index (κ1) is 17.5. The van der Waals surface area contributed by atoms with E-state index in [-0.39, 0.29) is 23.4 Å². The Labute approximate surface area is 152 Å². The lowest BCUT2D eigenvalue weighted by atomic mass is 10.1. The first-order valence-electron chi connectivity index (χ1n) is 7.44. The highest BCUT2D eigenvalue weighted by Gasteiger charge is 2.13. The molecule has 9 nitrogen and oxygen atoms in total. The molecule has 132 valence electrons. The van der Waals surface area contributed by atoms with Crippen LogP contribution in [0.4, 0.5) is 5.69 Å². The molecule has 0 unspecified atom stereocenters. The van der Waals surface area contributed by atoms with E-state index in [1.165, 1.54) is 13.3 Å². The van der Waals surface area contributed by atoms with Crippen molar-refractivity contribution in [2.24, 2.45) is 0 Å². The molecule has 2 heterocycles. The van der Waals surface area contributed by atoms with Crippen molar-refractivity contribution < 1.29 is 14.3 Å². The quantitative estimate of drug-likeness (QED) is 0.537. The van der Waals surface area contributed by atoms with Crippen LogP contribution in [-0.2, 0) is 16.1 Å². The smallest absolute Gasteiger partial charge is 0.337 e. The van der Waals surface area contributed by atoms with Crippen LogP contribution in [0.3, 0.4) is 0 Å². The number of methoxy groups -OCH3 is 1. The predicted octanol–water partition coefficient (Wildman–Crippen LogP) is 1.81. The van der Waals surface area contributed by atoms with Gasteiger partial charge in [-0.3, -0.25) is 4.79 Å². The number of hydrogen-bond donors (Lipinski definition) is 1. The fraction of sp³-hybridized carbons (Fsp3) is 0.125. The summed E-state index contributed by atoms with van der Waals surface area (Å²) in [6.07, 6.45) is 1.52. The molecule has 1 aromatic carbocycles. The van der Waals surface area contributed by atoms with E-state index in [2.05, 4.69) is 30.4 Å². The molecule has 0 radical (unpaired) electrons. The standard InChI is InChI=1S/C16H13ClN6O3/c1-26-16(25)11-5-2-4-10(8-11)15-20-22-23(21-15)9-13(24)19-12-6-3-7-18-14(12)17/h2-8H,9H2,1H3,(H,19,24). The van der Waals surface area contributed by atoms with Crippen LogP contribution in [0, 0.1) is 0 Å². The molecule has 0 spiro atoms. The predicted molar refractivity (Wildman–Crippen MR) is 92.5 cm³/mol. The lowest BCUT2D eigenvalue weighted by Crippen LogP contribution is -2.20. The Morgan fingerprint density at radius 1 is 1.27 bits per heavy atom. The summed E-state index contributed by atoms with van der Waals surface area (Å²) in [5.41, 5.74) is 1.34. The number of esters is 1. The molecule has 26 heavy (non-hydrogen) atoms. The molecule has 0 aliphatic carbocycles. The maximum absolute atomic E-state index is 12.1. The van der Waals surface area contributed by atoms with Gasteiger partial charge in [0.1, 0.15) is 6.54 Å². The van der Waals surface area contributed by atoms with E-state index in [4.69, 9.17) is 11.6 Å². The highest BCUT2D eigenvalue weighted by molar-refractivity contribution is 6.32. The van der Waals surface area contributed by atoms with E-state index >= 15 is 0 Å². The number of rotatable bonds is 5. The molecule has 3 rings (SSSR count). The average Bonchev–Trinajstić information content (AvgIpc) is 3.11. The van der Waals surface area contributed by atoms with Crippen LogP contribution in [0.15, 0.2) is 42.6 Å². The minimum atomic E-state index is -0.466. The Morgan fingerprint density at radius 3 is 2.88 bits per heavy atom. The number of aromatic nitrogens is 5. The summed E-state index contributed by atoms with van der Waals surface area (Å²) in [4.78, 5) is 28.7. The number of ether oxygens (including phenoxy) is 1. The molecule has 0 saturated heterocycles. The number of tetrazole rings is 1. The van der Waals surface area contributed by atoms with Crippen molar-refractivity contribution >= 4 is 29.2 Å². The van der Waals surface area contributed by atoms with E-state index in [1.54, 1.807) is 36.4 Å². The zero-order chi connectivity index (χ0) is 18.5. The van der Waals surface area contributed by atoms with Crippen molar-refractivity contribution in [1.82, 2.24) is 25.2 Å². The number of nitrogens with zero attached hydrogens (tertiary/aromatic N) is 5. The number of carbonyl (C=O) groups is 2. The molecule has 0 aliphatic rings. The third-order valence-corrected chi connectivity index (χ3v) is 3.61. The SMILES string of the molecule is COC(=O)c1cccc(-c2nnn(CC(=O)Nc3cccnc3Cl)n2)c1. The lowest BCUT2D eigenvalue weighted by Gasteiger charge is -2.05. The van der Waals surface area contributed by atoms with Gasteiger partial charge in [-0.25, -0.2) is 9.78 Å². The van der Waals surface area contributed by atoms with Crippen LogP contribution < -0.4 is 5.32 Å². The van der Waals surface area contributed by atoms with Crippen molar-refractivity contribution in [2.75, 3.05) is 12.4 Å². The van der Waals surface area contributed by atoms with Crippen LogP contribution >= 0.6 is 11.6 Å². The Balaban J connectivity index is 1.71. The Morgan fingerprint density at radius 2 is 2.12 bits per heavy atom. The van der Waals surface area contributed by atoms with Crippen molar-refractivity contribution in [2.45, 2.75) is 6.54 Å². The van der Waals surface area contributed by atoms with E-state index in [9.17, 15) is 9.59 Å². The second kappa shape index (κ2) is 7.70. The van der Waals surface area contributed by atoms with Crippen LogP contribution in [0.25, 0.3) is 11.4 Å². The first-order valence-corrected chi connectivity index (χ1v) is 7.81. The second-order valence-corrected chi connectivity index (χ2v) is 5.46. The molecule has 0 bridgehead atoms. The third-order valence-electron chi connectivity index (χ3n) is 3.31. The number of amides is 1. The molecule has 1 N–H and O–H groups in total. The number of nitrogens with one attached hydrogen (secondary N) is 1. The van der Waals surface area contributed by atoms with Gasteiger partial charge in [0.05, 0.1) is 18.4 Å². The Kier molecular flexibility index (Phi) is 5.18. The fourth-order valence-electron chi connectivity index (χ4n) is 2.13. The van der Waals surface area contributed by atoms with Crippen LogP contribution in [-0.4, -0.2) is 44.2 Å². The van der Waals surface area contributed by atoms with Gasteiger partial charge in [0, 0.05) is 11.8 Å². The number of pyridine rings is 1. The number of carbonyl (C=O) groups excluding carboxylic acids is 2. The van der Waals surface area contributed by atoms with E-state index in [0.29, 0.717) is 16.8 Å². The van der Waals surface area contributed by atoms with Crippen molar-refractivity contribution in [1.29, 1.82) is 0 Å². The average molecular weight is 373 g/mol. The topological polar surface area (TPSA) is 112 Å². The normalized spacial score (nSPS) is 10.4. The zero-order valence-electron chi connectivity index (χ0n) is 13.6. The van der Waals surface area contributed by atoms with Gasteiger partial charge in [0.2, 0.25) is 11.7 Å². The maximum Gasteiger partial charge on any atom is 0.337 e. The summed E-state index contributed by atoms with van der Waals surface area (Å²) in [7, 11) is 1.30. The monoisotopic (exact) mass is 372 g/mol. The number of anilines is 1. The molecule has 0 aliphatic heterocycles. The van der Waals surface area contributed by atoms with E-state index in [0.717, 1.165) is 4.80 Å². The van der Waals surface area contributed by atoms with Crippen molar-refractivity contribution in [3.8, 4) is 11.4 Å². The Hall–Kier alpha value is -3.33. The van der Waals surface area contributed by atoms with Crippen LogP contribution in [0.2, 0.25) is 5.15 Å². The summed E-state index contributed by atoms with van der Waals surface area (Å²) >= 11 is 5.89. The van der Waals surface area contributed by atoms with Crippen molar-refractivity contribution in [3.05, 3.63) is 53.3 Å². The summed E-state index contributed by atoms with van der Waals surface area (Å²) in [5.74, 6) is -0.568. The van der Waals surface area contributed by atoms with Crippen molar-refractivity contribution in [3.63, 3.8) is 0 Å². The molecule has 0 fully saturated rings. The summed E-state index contributed by atoms with van der Waals surface area (Å²) < 4.78 is 4.68. The van der Waals surface area contributed by atoms with Crippen LogP contribution in [0.1, 0.15) is 10.4 Å². The zero-order valence-corrected chi connectivity index (χ0v) is 14.3. The minimum absolute atomic E-state index is 0.158. The first-order chi connectivity index (χ1) is 12.6. The van der Waals surface area contributed by atoms with Gasteiger partial charge >= 0.3 is 5.97 Å². The van der Waals surface area contributed by atoms with Gasteiger partial charge in [-0.15, -0.1) is 10.2 Å². The van der Waals surface area contributed by atoms with Crippen LogP contribution in [0.5, 0.6) is 0 Å². The number of benzene rings is 1. The number of halogens is 1. The molecular weight excluding hydrogens is 360 g/mol. The molecule has 2 aromatic heterocycles. The fourth-order valence-corrected chi connectivity index (χ4v) is 2.29. The highest BCUT2D eigenvalue weighted by atomic mass is 35.5. The highest BCUT2D eigenvalue weighted by Crippen LogP contribution is 2.18. The number of hydrogen-bond acceptors (Lipinski definition) is 7. The molecule has 0 atom stereocenters. The molecule has 10 heteroatoms. The van der Waals surface area contributed by atoms with Gasteiger partial charge in [-0.2, -0.15) is 4.80 Å². The molecule has 0 saturated carbocycles. The second-order valence-electron chi connectivity index (χ2n) is 5.11. The van der Waals surface area contributed by atoms with Gasteiger partial charge in [-0.1, -0.05) is 23.7 Å². The summed E-state index contributed by atoms with van der Waals surface area (Å²) in [6.45, 7) is -0.158. The summed E-state index contributed by atoms with van der Waals surface area (Å²) in [5, 5.41) is 14.7. The lowest BCUT2D eigenvalue weighted by molar-refractivity contribution is -0.117.